The second-order valence-electron chi connectivity index (χ2n) is 3.80. The summed E-state index contributed by atoms with van der Waals surface area (Å²) in [6.07, 6.45) is 3.18. The van der Waals surface area contributed by atoms with E-state index < -0.39 is 12.1 Å². The summed E-state index contributed by atoms with van der Waals surface area (Å²) in [4.78, 5) is 10.3. The molecule has 0 bridgehead atoms. The van der Waals surface area contributed by atoms with E-state index in [-0.39, 0.29) is 18.6 Å². The number of carboxylic acid groups (broad SMARTS) is 1. The Morgan fingerprint density at radius 1 is 1.50 bits per heavy atom. The van der Waals surface area contributed by atoms with Crippen LogP contribution in [0.2, 0.25) is 0 Å². The third kappa shape index (κ3) is 3.64. The van der Waals surface area contributed by atoms with Crippen molar-refractivity contribution in [2.45, 2.75) is 57.3 Å². The predicted octanol–water partition coefficient (Wildman–Crippen LogP) is 1.17. The summed E-state index contributed by atoms with van der Waals surface area (Å²) in [6.45, 7) is 2.13. The van der Waals surface area contributed by atoms with Gasteiger partial charge in [-0.1, -0.05) is 26.2 Å². The van der Waals surface area contributed by atoms with Gasteiger partial charge in [-0.05, 0) is 6.42 Å². The Kier molecular flexibility index (Phi) is 4.35. The van der Waals surface area contributed by atoms with E-state index >= 15 is 0 Å². The first-order chi connectivity index (χ1) is 6.65. The minimum atomic E-state index is -0.972. The molecule has 1 fully saturated rings. The second kappa shape index (κ2) is 5.32. The Morgan fingerprint density at radius 3 is 2.79 bits per heavy atom. The van der Waals surface area contributed by atoms with Crippen LogP contribution in [-0.2, 0) is 9.53 Å². The molecule has 14 heavy (non-hydrogen) atoms. The van der Waals surface area contributed by atoms with Gasteiger partial charge in [0.1, 0.15) is 6.10 Å². The average molecular weight is 202 g/mol. The highest BCUT2D eigenvalue weighted by atomic mass is 16.6. The molecule has 1 aliphatic rings. The van der Waals surface area contributed by atoms with Crippen LogP contribution in [0.1, 0.15) is 39.0 Å². The standard InChI is InChI=1S/C10H18O4/c1-2-3-4-5-8-10(14-8)7(11)6-9(12)13/h7-8,10-11H,2-6H2,1H3,(H,12,13)/t7-,8?,10?/m1/s1. The Hall–Kier alpha value is -0.610. The Bertz CT molecular complexity index is 193. The average Bonchev–Trinajstić information content (AvgIpc) is 2.83. The number of hydrogen-bond donors (Lipinski definition) is 2. The highest BCUT2D eigenvalue weighted by Gasteiger charge is 2.44. The molecule has 1 rings (SSSR count). The lowest BCUT2D eigenvalue weighted by molar-refractivity contribution is -0.139. The Balaban J connectivity index is 2.09. The maximum atomic E-state index is 10.3. The van der Waals surface area contributed by atoms with Gasteiger partial charge in [0.05, 0.1) is 18.6 Å². The van der Waals surface area contributed by atoms with Gasteiger partial charge in [0.2, 0.25) is 0 Å². The summed E-state index contributed by atoms with van der Waals surface area (Å²) in [5.74, 6) is -0.972. The molecule has 0 spiro atoms. The fraction of sp³-hybridized carbons (Fsp3) is 0.900. The maximum Gasteiger partial charge on any atom is 0.306 e. The molecule has 2 N–H and O–H groups in total. The molecule has 3 atom stereocenters. The van der Waals surface area contributed by atoms with Gasteiger partial charge in [-0.25, -0.2) is 0 Å². The van der Waals surface area contributed by atoms with Crippen molar-refractivity contribution < 1.29 is 19.7 Å². The predicted molar refractivity (Wildman–Crippen MR) is 51.1 cm³/mol. The molecule has 1 aliphatic heterocycles. The quantitative estimate of drug-likeness (QED) is 0.480. The minimum absolute atomic E-state index is 0.0934. The van der Waals surface area contributed by atoms with Crippen molar-refractivity contribution in [2.75, 3.05) is 0 Å². The van der Waals surface area contributed by atoms with Crippen molar-refractivity contribution >= 4 is 5.97 Å². The van der Waals surface area contributed by atoms with Crippen molar-refractivity contribution in [2.24, 2.45) is 0 Å². The van der Waals surface area contributed by atoms with E-state index in [1.165, 1.54) is 6.42 Å². The zero-order chi connectivity index (χ0) is 10.6. The SMILES string of the molecule is CCCCCC1OC1[C@H](O)CC(=O)O. The van der Waals surface area contributed by atoms with E-state index in [2.05, 4.69) is 6.92 Å². The van der Waals surface area contributed by atoms with Crippen LogP contribution in [0.25, 0.3) is 0 Å². The molecule has 0 amide bonds. The van der Waals surface area contributed by atoms with Gasteiger partial charge in [0.25, 0.3) is 0 Å². The lowest BCUT2D eigenvalue weighted by Gasteiger charge is -2.02. The van der Waals surface area contributed by atoms with Gasteiger partial charge in [-0.15, -0.1) is 0 Å². The second-order valence-corrected chi connectivity index (χ2v) is 3.80. The number of hydrogen-bond acceptors (Lipinski definition) is 3. The van der Waals surface area contributed by atoms with E-state index in [0.29, 0.717) is 0 Å². The van der Waals surface area contributed by atoms with Crippen molar-refractivity contribution in [3.63, 3.8) is 0 Å². The van der Waals surface area contributed by atoms with E-state index in [4.69, 9.17) is 9.84 Å². The highest BCUT2D eigenvalue weighted by molar-refractivity contribution is 5.67. The van der Waals surface area contributed by atoms with Gasteiger partial charge in [0, 0.05) is 0 Å². The molecule has 82 valence electrons. The lowest BCUT2D eigenvalue weighted by atomic mass is 10.1. The van der Waals surface area contributed by atoms with Crippen LogP contribution in [0.3, 0.4) is 0 Å². The van der Waals surface area contributed by atoms with Crippen molar-refractivity contribution in [1.29, 1.82) is 0 Å². The molecule has 0 aliphatic carbocycles. The fourth-order valence-electron chi connectivity index (χ4n) is 1.62. The maximum absolute atomic E-state index is 10.3. The Labute approximate surface area is 83.9 Å². The molecule has 0 aromatic carbocycles. The Morgan fingerprint density at radius 2 is 2.21 bits per heavy atom. The van der Waals surface area contributed by atoms with E-state index in [1.54, 1.807) is 0 Å². The van der Waals surface area contributed by atoms with Crippen LogP contribution in [0.15, 0.2) is 0 Å². The number of carbonyl (C=O) groups is 1. The van der Waals surface area contributed by atoms with Gasteiger partial charge in [-0.3, -0.25) is 4.79 Å². The number of aliphatic carboxylic acids is 1. The molecule has 0 aromatic heterocycles. The molecule has 0 saturated carbocycles. The molecule has 2 unspecified atom stereocenters. The summed E-state index contributed by atoms with van der Waals surface area (Å²) >= 11 is 0. The zero-order valence-corrected chi connectivity index (χ0v) is 8.48. The topological polar surface area (TPSA) is 70.1 Å². The molecule has 1 saturated heterocycles. The van der Waals surface area contributed by atoms with Crippen molar-refractivity contribution in [1.82, 2.24) is 0 Å². The number of epoxide rings is 1. The lowest BCUT2D eigenvalue weighted by Crippen LogP contribution is -2.20. The van der Waals surface area contributed by atoms with Crippen molar-refractivity contribution in [3.8, 4) is 0 Å². The van der Waals surface area contributed by atoms with Crippen LogP contribution < -0.4 is 0 Å². The molecule has 0 radical (unpaired) electrons. The summed E-state index contributed by atoms with van der Waals surface area (Å²) in [5, 5.41) is 17.8. The van der Waals surface area contributed by atoms with Gasteiger partial charge in [-0.2, -0.15) is 0 Å². The van der Waals surface area contributed by atoms with E-state index in [1.807, 2.05) is 0 Å². The van der Waals surface area contributed by atoms with Crippen LogP contribution in [0, 0.1) is 0 Å². The third-order valence-corrected chi connectivity index (χ3v) is 2.48. The monoisotopic (exact) mass is 202 g/mol. The number of rotatable bonds is 7. The summed E-state index contributed by atoms with van der Waals surface area (Å²) < 4.78 is 5.21. The van der Waals surface area contributed by atoms with Crippen LogP contribution >= 0.6 is 0 Å². The zero-order valence-electron chi connectivity index (χ0n) is 8.48. The fourth-order valence-corrected chi connectivity index (χ4v) is 1.62. The number of ether oxygens (including phenoxy) is 1. The van der Waals surface area contributed by atoms with E-state index in [9.17, 15) is 9.90 Å². The van der Waals surface area contributed by atoms with Crippen LogP contribution in [-0.4, -0.2) is 34.5 Å². The third-order valence-electron chi connectivity index (χ3n) is 2.48. The molecule has 1 heterocycles. The molecule has 0 aromatic rings. The number of aliphatic hydroxyl groups excluding tert-OH is 1. The highest BCUT2D eigenvalue weighted by Crippen LogP contribution is 2.31. The summed E-state index contributed by atoms with van der Waals surface area (Å²) in [6, 6.07) is 0. The molecule has 4 nitrogen and oxygen atoms in total. The number of aliphatic hydroxyl groups is 1. The molecular formula is C10H18O4. The first-order valence-corrected chi connectivity index (χ1v) is 5.20. The van der Waals surface area contributed by atoms with Crippen molar-refractivity contribution in [3.05, 3.63) is 0 Å². The first-order valence-electron chi connectivity index (χ1n) is 5.20. The van der Waals surface area contributed by atoms with Gasteiger partial charge >= 0.3 is 5.97 Å². The van der Waals surface area contributed by atoms with E-state index in [0.717, 1.165) is 19.3 Å². The molecule has 4 heteroatoms. The largest absolute Gasteiger partial charge is 0.481 e. The normalized spacial score (nSPS) is 27.3. The van der Waals surface area contributed by atoms with Gasteiger partial charge < -0.3 is 14.9 Å². The van der Waals surface area contributed by atoms with Crippen LogP contribution in [0.5, 0.6) is 0 Å². The number of unbranched alkanes of at least 4 members (excludes halogenated alkanes) is 2. The van der Waals surface area contributed by atoms with Gasteiger partial charge in [0.15, 0.2) is 0 Å². The first kappa shape index (κ1) is 11.5. The summed E-state index contributed by atoms with van der Waals surface area (Å²) in [5.41, 5.74) is 0. The minimum Gasteiger partial charge on any atom is -0.481 e. The van der Waals surface area contributed by atoms with Crippen LogP contribution in [0.4, 0.5) is 0 Å². The smallest absolute Gasteiger partial charge is 0.306 e. The number of carboxylic acids is 1. The molecular weight excluding hydrogens is 184 g/mol. The summed E-state index contributed by atoms with van der Waals surface area (Å²) in [7, 11) is 0.